The van der Waals surface area contributed by atoms with Crippen LogP contribution in [0.5, 0.6) is 28.7 Å². The SMILES string of the molecule is COc1cc(-c2oc3cc(O[C@@H]4O[C@H](CO)[C@@H](O)[C@H](O)[C@H]4O)cc(O)c3c(=O)c2O[C@H]2O[C@@H](CO)[C@H](O)[C@@H](O)[C@@H]2O)ccc1O. The molecule has 246 valence electrons. The Hall–Kier alpha value is -3.75. The van der Waals surface area contributed by atoms with E-state index in [0.29, 0.717) is 0 Å². The van der Waals surface area contributed by atoms with E-state index in [4.69, 9.17) is 28.1 Å². The molecule has 10 N–H and O–H groups in total. The maximum absolute atomic E-state index is 13.8. The van der Waals surface area contributed by atoms with Crippen LogP contribution >= 0.6 is 0 Å². The van der Waals surface area contributed by atoms with Gasteiger partial charge in [0.15, 0.2) is 17.3 Å². The number of ether oxygens (including phenoxy) is 5. The van der Waals surface area contributed by atoms with E-state index in [1.165, 1.54) is 25.3 Å². The van der Waals surface area contributed by atoms with Crippen molar-refractivity contribution in [2.75, 3.05) is 20.3 Å². The first-order valence-corrected chi connectivity index (χ1v) is 13.6. The molecule has 2 aliphatic rings. The van der Waals surface area contributed by atoms with E-state index in [1.807, 2.05) is 0 Å². The summed E-state index contributed by atoms with van der Waals surface area (Å²) in [6, 6.07) is 5.87. The van der Waals surface area contributed by atoms with Gasteiger partial charge in [-0.15, -0.1) is 0 Å². The molecule has 2 aromatic carbocycles. The minimum absolute atomic E-state index is 0.0448. The number of benzene rings is 2. The van der Waals surface area contributed by atoms with Gasteiger partial charge in [0.25, 0.3) is 0 Å². The van der Waals surface area contributed by atoms with Crippen molar-refractivity contribution < 1.29 is 79.2 Å². The normalized spacial score (nSPS) is 31.9. The Labute approximate surface area is 252 Å². The van der Waals surface area contributed by atoms with Gasteiger partial charge in [-0.2, -0.15) is 0 Å². The summed E-state index contributed by atoms with van der Waals surface area (Å²) in [4.78, 5) is 13.8. The van der Waals surface area contributed by atoms with E-state index in [0.717, 1.165) is 12.1 Å². The fourth-order valence-corrected chi connectivity index (χ4v) is 5.02. The number of methoxy groups -OCH3 is 1. The van der Waals surface area contributed by atoms with Gasteiger partial charge in [0.2, 0.25) is 23.8 Å². The predicted molar refractivity (Wildman–Crippen MR) is 147 cm³/mol. The molecular weight excluding hydrogens is 608 g/mol. The van der Waals surface area contributed by atoms with Gasteiger partial charge in [0, 0.05) is 17.7 Å². The van der Waals surface area contributed by atoms with Crippen molar-refractivity contribution in [3.05, 3.63) is 40.6 Å². The van der Waals surface area contributed by atoms with Crippen LogP contribution in [0.2, 0.25) is 0 Å². The number of aliphatic hydroxyl groups is 8. The number of phenols is 2. The lowest BCUT2D eigenvalue weighted by molar-refractivity contribution is -0.277. The second-order valence-electron chi connectivity index (χ2n) is 10.4. The van der Waals surface area contributed by atoms with Crippen molar-refractivity contribution in [2.24, 2.45) is 0 Å². The smallest absolute Gasteiger partial charge is 0.239 e. The van der Waals surface area contributed by atoms with E-state index in [2.05, 4.69) is 0 Å². The van der Waals surface area contributed by atoms with Crippen LogP contribution in [0.3, 0.4) is 0 Å². The number of phenolic OH excluding ortho intramolecular Hbond substituents is 2. The molecule has 17 heteroatoms. The molecule has 0 aliphatic carbocycles. The van der Waals surface area contributed by atoms with Crippen LogP contribution in [0, 0.1) is 0 Å². The molecule has 0 spiro atoms. The van der Waals surface area contributed by atoms with Crippen molar-refractivity contribution in [1.29, 1.82) is 0 Å². The molecule has 2 saturated heterocycles. The van der Waals surface area contributed by atoms with Gasteiger partial charge in [-0.25, -0.2) is 0 Å². The first-order chi connectivity index (χ1) is 21.4. The van der Waals surface area contributed by atoms with Gasteiger partial charge >= 0.3 is 0 Å². The molecule has 17 nitrogen and oxygen atoms in total. The maximum Gasteiger partial charge on any atom is 0.239 e. The molecule has 0 bridgehead atoms. The van der Waals surface area contributed by atoms with Crippen LogP contribution in [0.4, 0.5) is 0 Å². The molecule has 45 heavy (non-hydrogen) atoms. The van der Waals surface area contributed by atoms with Crippen molar-refractivity contribution >= 4 is 11.0 Å². The monoisotopic (exact) mass is 640 g/mol. The van der Waals surface area contributed by atoms with Gasteiger partial charge < -0.3 is 79.2 Å². The van der Waals surface area contributed by atoms with Crippen LogP contribution in [-0.4, -0.2) is 133 Å². The van der Waals surface area contributed by atoms with Gasteiger partial charge in [-0.3, -0.25) is 4.79 Å². The third-order valence-corrected chi connectivity index (χ3v) is 7.53. The van der Waals surface area contributed by atoms with Crippen molar-refractivity contribution in [2.45, 2.75) is 61.4 Å². The third-order valence-electron chi connectivity index (χ3n) is 7.53. The molecule has 3 heterocycles. The topological polar surface area (TPSA) is 279 Å². The first kappa shape index (κ1) is 32.6. The summed E-state index contributed by atoms with van der Waals surface area (Å²) in [6.45, 7) is -1.50. The lowest BCUT2D eigenvalue weighted by Crippen LogP contribution is -2.60. The summed E-state index contributed by atoms with van der Waals surface area (Å²) in [5.41, 5.74) is -1.27. The summed E-state index contributed by atoms with van der Waals surface area (Å²) < 4.78 is 33.1. The van der Waals surface area contributed by atoms with E-state index in [-0.39, 0.29) is 34.2 Å². The molecule has 10 atom stereocenters. The molecule has 2 aliphatic heterocycles. The zero-order valence-electron chi connectivity index (χ0n) is 23.4. The van der Waals surface area contributed by atoms with Crippen molar-refractivity contribution in [3.63, 3.8) is 0 Å². The largest absolute Gasteiger partial charge is 0.507 e. The summed E-state index contributed by atoms with van der Waals surface area (Å²) in [5.74, 6) is -2.30. The molecule has 2 fully saturated rings. The second kappa shape index (κ2) is 12.9. The van der Waals surface area contributed by atoms with Crippen molar-refractivity contribution in [1.82, 2.24) is 0 Å². The summed E-state index contributed by atoms with van der Waals surface area (Å²) in [6.07, 6.45) is -16.8. The highest BCUT2D eigenvalue weighted by Gasteiger charge is 2.46. The summed E-state index contributed by atoms with van der Waals surface area (Å²) in [7, 11) is 1.27. The average molecular weight is 641 g/mol. The van der Waals surface area contributed by atoms with E-state index in [1.54, 1.807) is 0 Å². The Balaban J connectivity index is 1.61. The van der Waals surface area contributed by atoms with Crippen LogP contribution in [0.15, 0.2) is 39.5 Å². The van der Waals surface area contributed by atoms with Crippen LogP contribution in [-0.2, 0) is 9.47 Å². The molecule has 0 amide bonds. The fraction of sp³-hybridized carbons (Fsp3) is 0.464. The minimum Gasteiger partial charge on any atom is -0.507 e. The number of aliphatic hydroxyl groups excluding tert-OH is 8. The summed E-state index contributed by atoms with van der Waals surface area (Å²) in [5, 5.41) is 101. The number of hydrogen-bond donors (Lipinski definition) is 10. The number of fused-ring (bicyclic) bond motifs is 1. The van der Waals surface area contributed by atoms with Crippen molar-refractivity contribution in [3.8, 4) is 40.1 Å². The number of aromatic hydroxyl groups is 2. The van der Waals surface area contributed by atoms with Crippen LogP contribution < -0.4 is 19.6 Å². The molecule has 0 unspecified atom stereocenters. The zero-order valence-corrected chi connectivity index (χ0v) is 23.4. The Kier molecular flexibility index (Phi) is 9.38. The molecule has 5 rings (SSSR count). The first-order valence-electron chi connectivity index (χ1n) is 13.6. The van der Waals surface area contributed by atoms with Crippen LogP contribution in [0.1, 0.15) is 0 Å². The lowest BCUT2D eigenvalue weighted by Gasteiger charge is -2.39. The number of hydrogen-bond acceptors (Lipinski definition) is 17. The Morgan fingerprint density at radius 2 is 1.31 bits per heavy atom. The molecule has 1 aromatic heterocycles. The van der Waals surface area contributed by atoms with Crippen LogP contribution in [0.25, 0.3) is 22.3 Å². The van der Waals surface area contributed by atoms with Gasteiger partial charge in [-0.1, -0.05) is 0 Å². The molecule has 0 saturated carbocycles. The zero-order chi connectivity index (χ0) is 32.7. The molecular formula is C28H32O17. The van der Waals surface area contributed by atoms with E-state index < -0.39 is 96.9 Å². The third kappa shape index (κ3) is 5.98. The quantitative estimate of drug-likeness (QED) is 0.119. The van der Waals surface area contributed by atoms with Gasteiger partial charge in [0.05, 0.1) is 20.3 Å². The Morgan fingerprint density at radius 1 is 0.733 bits per heavy atom. The van der Waals surface area contributed by atoms with Gasteiger partial charge in [-0.05, 0) is 18.2 Å². The standard InChI is InChI=1S/C28H32O17/c1-40-13-4-9(2-3-11(13)31)25-26(45-28-24(39)22(37)19(34)16(8-30)44-28)20(35)17-12(32)5-10(6-14(17)42-25)41-27-23(38)21(36)18(33)15(7-29)43-27/h2-6,15-16,18-19,21-24,27-34,36-39H,7-8H2,1H3/t15-,16+,18-,19+,21+,22-,23-,24+,27-,28-/m1/s1. The average Bonchev–Trinajstić information content (AvgIpc) is 3.02. The Bertz CT molecular complexity index is 1570. The van der Waals surface area contributed by atoms with E-state index in [9.17, 15) is 55.9 Å². The molecule has 3 aromatic rings. The lowest BCUT2D eigenvalue weighted by atomic mass is 9.99. The maximum atomic E-state index is 13.8. The minimum atomic E-state index is -1.91. The van der Waals surface area contributed by atoms with Gasteiger partial charge in [0.1, 0.15) is 71.3 Å². The summed E-state index contributed by atoms with van der Waals surface area (Å²) >= 11 is 0. The number of rotatable bonds is 8. The highest BCUT2D eigenvalue weighted by atomic mass is 16.7. The predicted octanol–water partition coefficient (Wildman–Crippen LogP) is -2.76. The molecule has 0 radical (unpaired) electrons. The highest BCUT2D eigenvalue weighted by Crippen LogP contribution is 2.40. The fourth-order valence-electron chi connectivity index (χ4n) is 5.02. The van der Waals surface area contributed by atoms with E-state index >= 15 is 0 Å². The second-order valence-corrected chi connectivity index (χ2v) is 10.4. The highest BCUT2D eigenvalue weighted by molar-refractivity contribution is 5.88. The Morgan fingerprint density at radius 3 is 1.87 bits per heavy atom.